The zero-order valence-electron chi connectivity index (χ0n) is 15.9. The number of nitrogens with one attached hydrogen (secondary N) is 1. The van der Waals surface area contributed by atoms with Gasteiger partial charge in [-0.05, 0) is 56.7 Å². The van der Waals surface area contributed by atoms with Gasteiger partial charge in [0, 0.05) is 12.6 Å². The highest BCUT2D eigenvalue weighted by Crippen LogP contribution is 2.24. The lowest BCUT2D eigenvalue weighted by atomic mass is 10.2. The van der Waals surface area contributed by atoms with E-state index in [4.69, 9.17) is 4.74 Å². The van der Waals surface area contributed by atoms with E-state index < -0.39 is 10.0 Å². The van der Waals surface area contributed by atoms with Gasteiger partial charge in [0.2, 0.25) is 0 Å². The Bertz CT molecular complexity index is 836. The summed E-state index contributed by atoms with van der Waals surface area (Å²) in [5.74, 6) is 0.235. The molecule has 0 bridgehead atoms. The van der Waals surface area contributed by atoms with Crippen LogP contribution in [0.15, 0.2) is 59.5 Å². The van der Waals surface area contributed by atoms with Crippen LogP contribution < -0.4 is 14.4 Å². The predicted molar refractivity (Wildman–Crippen MR) is 106 cm³/mol. The minimum Gasteiger partial charge on any atom is -0.484 e. The van der Waals surface area contributed by atoms with Gasteiger partial charge in [0.15, 0.2) is 6.61 Å². The van der Waals surface area contributed by atoms with Gasteiger partial charge >= 0.3 is 0 Å². The molecule has 2 aromatic carbocycles. The molecule has 0 saturated heterocycles. The van der Waals surface area contributed by atoms with Gasteiger partial charge in [-0.3, -0.25) is 9.10 Å². The average Bonchev–Trinajstić information content (AvgIpc) is 2.67. The number of rotatable bonds is 9. The number of amides is 1. The van der Waals surface area contributed by atoms with E-state index in [9.17, 15) is 13.2 Å². The summed E-state index contributed by atoms with van der Waals surface area (Å²) in [7, 11) is -3.67. The van der Waals surface area contributed by atoms with Crippen LogP contribution in [-0.2, 0) is 14.8 Å². The summed E-state index contributed by atoms with van der Waals surface area (Å²) in [5, 5.41) is 2.81. The van der Waals surface area contributed by atoms with Gasteiger partial charge in [-0.25, -0.2) is 8.42 Å². The van der Waals surface area contributed by atoms with E-state index in [1.807, 2.05) is 19.9 Å². The van der Waals surface area contributed by atoms with Crippen molar-refractivity contribution in [3.8, 4) is 5.75 Å². The Morgan fingerprint density at radius 1 is 1.07 bits per heavy atom. The topological polar surface area (TPSA) is 75.7 Å². The summed E-state index contributed by atoms with van der Waals surface area (Å²) < 4.78 is 32.6. The third-order valence-corrected chi connectivity index (χ3v) is 6.05. The van der Waals surface area contributed by atoms with Crippen molar-refractivity contribution in [1.82, 2.24) is 5.32 Å². The maximum atomic E-state index is 12.9. The molecule has 0 unspecified atom stereocenters. The number of anilines is 1. The van der Waals surface area contributed by atoms with Crippen molar-refractivity contribution < 1.29 is 17.9 Å². The maximum absolute atomic E-state index is 12.9. The maximum Gasteiger partial charge on any atom is 0.264 e. The second kappa shape index (κ2) is 9.41. The molecule has 0 heterocycles. The van der Waals surface area contributed by atoms with E-state index in [1.54, 1.807) is 43.3 Å². The molecule has 2 aromatic rings. The number of hydrogen-bond acceptors (Lipinski definition) is 4. The molecule has 0 aliphatic carbocycles. The van der Waals surface area contributed by atoms with E-state index in [0.29, 0.717) is 18.0 Å². The summed E-state index contributed by atoms with van der Waals surface area (Å²) in [6.45, 7) is 5.91. The Morgan fingerprint density at radius 3 is 2.26 bits per heavy atom. The van der Waals surface area contributed by atoms with Crippen LogP contribution in [-0.4, -0.2) is 33.5 Å². The Kier molecular flexibility index (Phi) is 7.24. The fourth-order valence-electron chi connectivity index (χ4n) is 2.49. The molecule has 0 saturated carbocycles. The number of carbonyl (C=O) groups excluding carboxylic acids is 1. The standard InChI is InChI=1S/C20H26N2O4S/c1-4-16(3)21-20(23)15-26-18-11-13-19(14-12-18)27(24,25)22(5-2)17-9-7-6-8-10-17/h6-14,16H,4-5,15H2,1-3H3,(H,21,23)/t16-/m1/s1. The molecular formula is C20H26N2O4S. The molecular weight excluding hydrogens is 364 g/mol. The van der Waals surface area contributed by atoms with Crippen LogP contribution in [0.2, 0.25) is 0 Å². The van der Waals surface area contributed by atoms with Crippen molar-refractivity contribution in [1.29, 1.82) is 0 Å². The molecule has 0 spiro atoms. The number of nitrogens with zero attached hydrogens (tertiary/aromatic N) is 1. The van der Waals surface area contributed by atoms with Crippen molar-refractivity contribution in [3.05, 3.63) is 54.6 Å². The molecule has 6 nitrogen and oxygen atoms in total. The molecule has 0 aliphatic heterocycles. The van der Waals surface area contributed by atoms with E-state index in [0.717, 1.165) is 6.42 Å². The first-order valence-corrected chi connectivity index (χ1v) is 10.4. The molecule has 7 heteroatoms. The molecule has 1 N–H and O–H groups in total. The number of sulfonamides is 1. The summed E-state index contributed by atoms with van der Waals surface area (Å²) in [5.41, 5.74) is 0.613. The second-order valence-electron chi connectivity index (χ2n) is 6.14. The molecule has 0 radical (unpaired) electrons. The van der Waals surface area contributed by atoms with Crippen LogP contribution >= 0.6 is 0 Å². The highest BCUT2D eigenvalue weighted by Gasteiger charge is 2.23. The molecule has 1 atom stereocenters. The number of para-hydroxylation sites is 1. The number of benzene rings is 2. The van der Waals surface area contributed by atoms with Gasteiger partial charge in [0.1, 0.15) is 5.75 Å². The minimum atomic E-state index is -3.67. The number of hydrogen-bond donors (Lipinski definition) is 1. The molecule has 0 fully saturated rings. The van der Waals surface area contributed by atoms with Crippen molar-refractivity contribution in [2.45, 2.75) is 38.1 Å². The SMILES string of the molecule is CC[C@@H](C)NC(=O)COc1ccc(S(=O)(=O)N(CC)c2ccccc2)cc1. The highest BCUT2D eigenvalue weighted by atomic mass is 32.2. The van der Waals surface area contributed by atoms with Crippen LogP contribution in [0.3, 0.4) is 0 Å². The normalized spacial score (nSPS) is 12.3. The Hall–Kier alpha value is -2.54. The molecule has 0 aliphatic rings. The summed E-state index contributed by atoms with van der Waals surface area (Å²) in [6.07, 6.45) is 0.841. The molecule has 1 amide bonds. The molecule has 0 aromatic heterocycles. The molecule has 146 valence electrons. The Balaban J connectivity index is 2.08. The van der Waals surface area contributed by atoms with Crippen molar-refractivity contribution >= 4 is 21.6 Å². The van der Waals surface area contributed by atoms with E-state index in [-0.39, 0.29) is 23.5 Å². The van der Waals surface area contributed by atoms with Crippen molar-refractivity contribution in [2.24, 2.45) is 0 Å². The van der Waals surface area contributed by atoms with Crippen LogP contribution in [0.1, 0.15) is 27.2 Å². The fourth-order valence-corrected chi connectivity index (χ4v) is 3.96. The first-order valence-electron chi connectivity index (χ1n) is 8.98. The third kappa shape index (κ3) is 5.47. The fraction of sp³-hybridized carbons (Fsp3) is 0.350. The molecule has 2 rings (SSSR count). The van der Waals surface area contributed by atoms with Crippen LogP contribution in [0.4, 0.5) is 5.69 Å². The zero-order chi connectivity index (χ0) is 19.9. The summed E-state index contributed by atoms with van der Waals surface area (Å²) in [6, 6.07) is 15.1. The summed E-state index contributed by atoms with van der Waals surface area (Å²) >= 11 is 0. The van der Waals surface area contributed by atoms with E-state index in [2.05, 4.69) is 5.32 Å². The van der Waals surface area contributed by atoms with Gasteiger partial charge in [-0.1, -0.05) is 25.1 Å². The predicted octanol–water partition coefficient (Wildman–Crippen LogP) is 3.20. The lowest BCUT2D eigenvalue weighted by Gasteiger charge is -2.23. The lowest BCUT2D eigenvalue weighted by Crippen LogP contribution is -2.35. The number of carbonyl (C=O) groups is 1. The van der Waals surface area contributed by atoms with Gasteiger partial charge in [0.05, 0.1) is 10.6 Å². The Morgan fingerprint density at radius 2 is 1.70 bits per heavy atom. The van der Waals surface area contributed by atoms with Crippen molar-refractivity contribution in [3.63, 3.8) is 0 Å². The first-order chi connectivity index (χ1) is 12.9. The average molecular weight is 391 g/mol. The van der Waals surface area contributed by atoms with Gasteiger partial charge in [-0.15, -0.1) is 0 Å². The second-order valence-corrected chi connectivity index (χ2v) is 8.00. The van der Waals surface area contributed by atoms with Crippen molar-refractivity contribution in [2.75, 3.05) is 17.5 Å². The van der Waals surface area contributed by atoms with Gasteiger partial charge in [0.25, 0.3) is 15.9 Å². The molecule has 27 heavy (non-hydrogen) atoms. The third-order valence-electron chi connectivity index (χ3n) is 4.13. The number of ether oxygens (including phenoxy) is 1. The first kappa shape index (κ1) is 20.8. The van der Waals surface area contributed by atoms with Gasteiger partial charge < -0.3 is 10.1 Å². The lowest BCUT2D eigenvalue weighted by molar-refractivity contribution is -0.123. The Labute approximate surface area is 161 Å². The zero-order valence-corrected chi connectivity index (χ0v) is 16.7. The quantitative estimate of drug-likeness (QED) is 0.713. The van der Waals surface area contributed by atoms with E-state index in [1.165, 1.54) is 16.4 Å². The van der Waals surface area contributed by atoms with E-state index >= 15 is 0 Å². The smallest absolute Gasteiger partial charge is 0.264 e. The van der Waals surface area contributed by atoms with Crippen LogP contribution in [0.25, 0.3) is 0 Å². The largest absolute Gasteiger partial charge is 0.484 e. The highest BCUT2D eigenvalue weighted by molar-refractivity contribution is 7.92. The monoisotopic (exact) mass is 390 g/mol. The van der Waals surface area contributed by atoms with Crippen LogP contribution in [0, 0.1) is 0 Å². The van der Waals surface area contributed by atoms with Crippen LogP contribution in [0.5, 0.6) is 5.75 Å². The van der Waals surface area contributed by atoms with Gasteiger partial charge in [-0.2, -0.15) is 0 Å². The minimum absolute atomic E-state index is 0.0895. The summed E-state index contributed by atoms with van der Waals surface area (Å²) in [4.78, 5) is 11.9.